The molecule has 4 aromatic carbocycles. The third-order valence-electron chi connectivity index (χ3n) is 6.37. The topological polar surface area (TPSA) is 1230 Å². The van der Waals surface area contributed by atoms with Crippen LogP contribution < -0.4 is 19.2 Å². The third kappa shape index (κ3) is 248. The van der Waals surface area contributed by atoms with Crippen LogP contribution >= 0.6 is 0 Å². The smallest absolute Gasteiger partial charge is 0.209 e. The van der Waals surface area contributed by atoms with Crippen molar-refractivity contribution in [3.63, 3.8) is 0 Å². The van der Waals surface area contributed by atoms with E-state index in [0.717, 1.165) is 60.2 Å². The Labute approximate surface area is 805 Å². The minimum atomic E-state index is -5.61. The number of carbonyl (C=O) groups is 6. The molecule has 0 saturated carbocycles. The summed E-state index contributed by atoms with van der Waals surface area (Å²) in [7, 11) is 2.32. The van der Waals surface area contributed by atoms with Gasteiger partial charge in [-0.25, -0.2) is 0 Å². The molecule has 0 spiro atoms. The van der Waals surface area contributed by atoms with Crippen LogP contribution in [0.2, 0.25) is 0 Å². The Morgan fingerprint density at radius 1 is 0.215 bits per heavy atom. The number of hydrogen-bond donors (Lipinski definition) is 0. The number of nitrogens with zero attached hydrogens (tertiary/aromatic N) is 2. The molecule has 0 bridgehead atoms. The summed E-state index contributed by atoms with van der Waals surface area (Å²) in [4.78, 5) is 102. The van der Waals surface area contributed by atoms with Crippen molar-refractivity contribution >= 4 is 90.6 Å². The van der Waals surface area contributed by atoms with E-state index in [-0.39, 0.29) is 450 Å². The molecule has 0 aliphatic rings. The maximum absolute atomic E-state index is 10.3. The molecule has 0 aliphatic heterocycles. The van der Waals surface area contributed by atoms with Gasteiger partial charge in [0.1, 0.15) is 75.2 Å². The van der Waals surface area contributed by atoms with Gasteiger partial charge in [0.25, 0.3) is 0 Å². The molecule has 0 saturated heterocycles. The van der Waals surface area contributed by atoms with E-state index < -0.39 is 9.05 Å². The molecule has 0 radical (unpaired) electrons. The van der Waals surface area contributed by atoms with Crippen LogP contribution in [-0.4, -0.2) is 135 Å². The Hall–Kier alpha value is 2.78. The number of carbonyl (C=O) groups excluding carboxylic acids is 6. The number of hydrogen-bond acceptors (Lipinski definition) is 10. The average Bonchev–Trinajstić information content (AvgIpc) is 3.21. The van der Waals surface area contributed by atoms with E-state index in [2.05, 4.69) is 50.0 Å². The summed E-state index contributed by atoms with van der Waals surface area (Å²) >= 11 is 0. The molecule has 4 rings (SSSR count). The molecule has 0 heterocycles. The Morgan fingerprint density at radius 3 is 0.318 bits per heavy atom. The summed E-state index contributed by atoms with van der Waals surface area (Å²) in [5.74, 6) is 0. The standard InChI is InChI=1S/4C9H11OS.2C3H7NO.12Mo.O4Si.36O/c4*1-11(2)9-5-3-8(7-10)4-6-9;2*1-4(2)3-5;;;;;;;;;;;;;1-5(2,3)4;;;;;;;;;;;;;;;;;;;;;;;;;;;;;;;;;;;;/h4*3-7H,1-2H3;2*3H,1-2H3;;;;;;;;;;;;;;;;;;;;;;;;;;;;;;;;;;;;;;;;;;;;;;;;;/q4*+1;;;;;;;;;;;;;;;-4;36*-2. The van der Waals surface area contributed by atoms with Gasteiger partial charge in [-0.15, -0.1) is 0 Å². The van der Waals surface area contributed by atoms with Crippen molar-refractivity contribution < 1.29 is 498 Å². The van der Waals surface area contributed by atoms with Crippen LogP contribution in [0.15, 0.2) is 117 Å². The molecule has 0 atom stereocenters. The van der Waals surface area contributed by atoms with Gasteiger partial charge < -0.3 is 235 Å². The van der Waals surface area contributed by atoms with Gasteiger partial charge in [-0.1, -0.05) is 0 Å². The van der Waals surface area contributed by atoms with Crippen molar-refractivity contribution in [2.45, 2.75) is 19.6 Å². The van der Waals surface area contributed by atoms with Gasteiger partial charge >= 0.3 is 0 Å². The molecule has 2 amide bonds. The Bertz CT molecular complexity index is 1590. The average molecular weight is 2630 g/mol. The summed E-state index contributed by atoms with van der Waals surface area (Å²) < 4.78 is 0. The van der Waals surface area contributed by atoms with E-state index in [0.29, 0.717) is 43.6 Å². The van der Waals surface area contributed by atoms with Gasteiger partial charge in [0.15, 0.2) is 19.6 Å². The van der Waals surface area contributed by atoms with Crippen molar-refractivity contribution in [2.24, 2.45) is 0 Å². The Balaban J connectivity index is -0.00000000658. The predicted molar refractivity (Wildman–Crippen MR) is 267 cm³/mol. The molecule has 684 valence electrons. The first-order valence-electron chi connectivity index (χ1n) is 17.1. The summed E-state index contributed by atoms with van der Waals surface area (Å²) in [5, 5.41) is 0. The van der Waals surface area contributed by atoms with Crippen molar-refractivity contribution in [3.05, 3.63) is 119 Å². The second-order valence-corrected chi connectivity index (χ2v) is 22.1. The fraction of sp³-hybridized carbons (Fsp3) is 0.286. The van der Waals surface area contributed by atoms with E-state index in [4.69, 9.17) is 19.2 Å². The quantitative estimate of drug-likeness (QED) is 0.0875. The third-order valence-corrected chi connectivity index (χ3v) is 11.2. The SMILES string of the molecule is CN(C)C=O.CN(C)C=O.C[S+](C)c1ccc(C=O)cc1.C[S+](C)c1ccc(C=O)cc1.C[S+](C)c1ccc(C=O)cc1.C[S+](C)c1ccc(C=O)cc1.[Mo].[Mo].[Mo].[Mo].[Mo].[Mo].[Mo].[Mo].[Mo].[Mo].[Mo].[Mo].[O-2].[O-2].[O-2].[O-2].[O-2].[O-2].[O-2].[O-2].[O-2].[O-2].[O-2].[O-2].[O-2].[O-2].[O-2].[O-2].[O-2].[O-2].[O-2].[O-2].[O-2].[O-2].[O-2].[O-2].[O-2].[O-2].[O-2].[O-2].[O-2].[O-2].[O-2].[O-2].[O-2].[O-2].[O-2].[O-2].[O-][Si]([O-])([O-])[O-]. The molecule has 0 aliphatic carbocycles. The van der Waals surface area contributed by atoms with Crippen molar-refractivity contribution in [1.29, 1.82) is 0 Å². The molecular formula is C42H58Mo12N2O46S4Si-72. The maximum Gasteiger partial charge on any atom is 0.209 e. The first kappa shape index (κ1) is 376. The summed E-state index contributed by atoms with van der Waals surface area (Å²) in [6.07, 6.45) is 22.3. The molecule has 0 N–H and O–H groups in total. The number of benzene rings is 4. The Kier molecular flexibility index (Phi) is 838. The minimum Gasteiger partial charge on any atom is -2.00 e. The van der Waals surface area contributed by atoms with Crippen LogP contribution in [0.1, 0.15) is 41.4 Å². The van der Waals surface area contributed by atoms with Gasteiger partial charge in [-0.05, 0) is 97.1 Å². The van der Waals surface area contributed by atoms with Crippen molar-refractivity contribution in [3.8, 4) is 0 Å². The van der Waals surface area contributed by atoms with Crippen LogP contribution in [0, 0.1) is 0 Å². The fourth-order valence-electron chi connectivity index (χ4n) is 3.27. The first-order valence-corrected chi connectivity index (χ1v) is 26.9. The molecular weight excluding hydrogens is 2580 g/mol. The number of amides is 2. The number of rotatable bonds is 10. The first-order chi connectivity index (χ1) is 27.5. The largest absolute Gasteiger partial charge is 2.00 e. The summed E-state index contributed by atoms with van der Waals surface area (Å²) in [5.41, 5.74) is 3.00. The molecule has 4 aromatic rings. The van der Waals surface area contributed by atoms with Crippen molar-refractivity contribution in [2.75, 3.05) is 78.2 Å². The second kappa shape index (κ2) is 239. The van der Waals surface area contributed by atoms with E-state index in [1.165, 1.54) is 29.4 Å². The van der Waals surface area contributed by atoms with Crippen molar-refractivity contribution in [1.82, 2.24) is 9.80 Å². The molecule has 65 heteroatoms. The molecule has 0 unspecified atom stereocenters. The fourth-order valence-corrected chi connectivity index (χ4v) is 6.00. The van der Waals surface area contributed by atoms with Crippen LogP contribution in [-0.2, 0) is 503 Å². The zero-order valence-electron chi connectivity index (χ0n) is 55.4. The van der Waals surface area contributed by atoms with Crippen LogP contribution in [0.4, 0.5) is 0 Å². The molecule has 107 heavy (non-hydrogen) atoms. The zero-order valence-corrected chi connectivity index (χ0v) is 83.8. The normalized spacial score (nSPS) is 5.35. The van der Waals surface area contributed by atoms with Gasteiger partial charge in [-0.3, -0.25) is 28.8 Å². The van der Waals surface area contributed by atoms with Crippen LogP contribution in [0.3, 0.4) is 0 Å². The monoisotopic (exact) mass is 2660 g/mol. The Morgan fingerprint density at radius 2 is 0.280 bits per heavy atom. The molecule has 48 nitrogen and oxygen atoms in total. The minimum absolute atomic E-state index is 0. The summed E-state index contributed by atoms with van der Waals surface area (Å²) in [6, 6.07) is 30.9. The number of aldehydes is 4. The second-order valence-electron chi connectivity index (χ2n) is 12.7. The van der Waals surface area contributed by atoms with E-state index in [1.807, 2.05) is 97.1 Å². The zero-order chi connectivity index (χ0) is 46.1. The van der Waals surface area contributed by atoms with Crippen LogP contribution in [0.5, 0.6) is 0 Å². The van der Waals surface area contributed by atoms with Gasteiger partial charge in [-0.2, -0.15) is 0 Å². The van der Waals surface area contributed by atoms with Gasteiger partial charge in [0.05, 0.1) is 0 Å². The maximum atomic E-state index is 10.3. The van der Waals surface area contributed by atoms with E-state index in [1.54, 1.807) is 28.2 Å². The van der Waals surface area contributed by atoms with E-state index >= 15 is 0 Å². The van der Waals surface area contributed by atoms with Gasteiger partial charge in [0.2, 0.25) is 12.8 Å². The van der Waals surface area contributed by atoms with Crippen LogP contribution in [0.25, 0.3) is 0 Å². The van der Waals surface area contributed by atoms with Gasteiger partial charge in [0, 0.05) is 347 Å². The molecule has 0 fully saturated rings. The molecule has 0 aromatic heterocycles. The van der Waals surface area contributed by atoms with E-state index in [9.17, 15) is 28.8 Å². The predicted octanol–water partition coefficient (Wildman–Crippen LogP) is -3.09. The summed E-state index contributed by atoms with van der Waals surface area (Å²) in [6.45, 7) is 0.